The highest BCUT2D eigenvalue weighted by molar-refractivity contribution is 7.92. The molecule has 7 nitrogen and oxygen atoms in total. The molecule has 0 saturated heterocycles. The van der Waals surface area contributed by atoms with Crippen molar-refractivity contribution in [3.8, 4) is 0 Å². The number of hydrogen-bond acceptors (Lipinski definition) is 4. The summed E-state index contributed by atoms with van der Waals surface area (Å²) in [5, 5.41) is 5.83. The smallest absolute Gasteiger partial charge is 0.264 e. The van der Waals surface area contributed by atoms with E-state index >= 15 is 0 Å². The third kappa shape index (κ3) is 6.82. The molecule has 0 aliphatic rings. The fourth-order valence-corrected chi connectivity index (χ4v) is 6.22. The Kier molecular flexibility index (Phi) is 8.98. The summed E-state index contributed by atoms with van der Waals surface area (Å²) in [4.78, 5) is 27.2. The lowest BCUT2D eigenvalue weighted by atomic mass is 10.1. The maximum absolute atomic E-state index is 14.0. The van der Waals surface area contributed by atoms with Gasteiger partial charge in [0.05, 0.1) is 40.0 Å². The molecule has 0 spiro atoms. The summed E-state index contributed by atoms with van der Waals surface area (Å²) in [7, 11) is -4.05. The van der Waals surface area contributed by atoms with E-state index < -0.39 is 15.9 Å². The molecule has 0 fully saturated rings. The van der Waals surface area contributed by atoms with E-state index in [9.17, 15) is 18.0 Å². The first-order valence-electron chi connectivity index (χ1n) is 13.8. The summed E-state index contributed by atoms with van der Waals surface area (Å²) >= 11 is 0. The Bertz CT molecular complexity index is 1810. The van der Waals surface area contributed by atoms with Crippen LogP contribution in [0.2, 0.25) is 0 Å². The van der Waals surface area contributed by atoms with Gasteiger partial charge in [0, 0.05) is 0 Å². The van der Waals surface area contributed by atoms with Gasteiger partial charge in [0.15, 0.2) is 0 Å². The zero-order valence-corrected chi connectivity index (χ0v) is 24.4. The lowest BCUT2D eigenvalue weighted by Crippen LogP contribution is -2.32. The predicted octanol–water partition coefficient (Wildman–Crippen LogP) is 6.83. The van der Waals surface area contributed by atoms with Gasteiger partial charge in [0.1, 0.15) is 0 Å². The Morgan fingerprint density at radius 1 is 0.651 bits per heavy atom. The number of para-hydroxylation sites is 2. The lowest BCUT2D eigenvalue weighted by Gasteiger charge is -2.27. The van der Waals surface area contributed by atoms with Crippen molar-refractivity contribution in [2.75, 3.05) is 9.62 Å². The van der Waals surface area contributed by atoms with Crippen molar-refractivity contribution in [2.45, 2.75) is 24.4 Å². The number of sulfonamides is 1. The Hall–Kier alpha value is -5.21. The average molecular weight is 590 g/mol. The predicted molar refractivity (Wildman–Crippen MR) is 169 cm³/mol. The second-order valence-electron chi connectivity index (χ2n) is 9.93. The molecule has 0 radical (unpaired) electrons. The van der Waals surface area contributed by atoms with Crippen LogP contribution >= 0.6 is 0 Å². The number of anilines is 2. The van der Waals surface area contributed by atoms with Gasteiger partial charge in [-0.25, -0.2) is 8.42 Å². The van der Waals surface area contributed by atoms with Crippen LogP contribution < -0.4 is 14.9 Å². The molecule has 1 atom stereocenters. The van der Waals surface area contributed by atoms with Gasteiger partial charge >= 0.3 is 0 Å². The molecule has 0 aromatic heterocycles. The van der Waals surface area contributed by atoms with Gasteiger partial charge in [0.2, 0.25) is 0 Å². The molecule has 2 amide bonds. The zero-order chi connectivity index (χ0) is 30.2. The minimum absolute atomic E-state index is 0.0126. The van der Waals surface area contributed by atoms with Crippen molar-refractivity contribution in [1.82, 2.24) is 5.32 Å². The zero-order valence-electron chi connectivity index (χ0n) is 23.6. The quantitative estimate of drug-likeness (QED) is 0.187. The molecule has 216 valence electrons. The number of amides is 2. The van der Waals surface area contributed by atoms with Crippen LogP contribution in [-0.2, 0) is 16.6 Å². The van der Waals surface area contributed by atoms with Crippen molar-refractivity contribution < 1.29 is 18.0 Å². The monoisotopic (exact) mass is 589 g/mol. The lowest BCUT2D eigenvalue weighted by molar-refractivity contribution is 0.0940. The van der Waals surface area contributed by atoms with Gasteiger partial charge in [-0.3, -0.25) is 13.9 Å². The van der Waals surface area contributed by atoms with Crippen molar-refractivity contribution in [2.24, 2.45) is 0 Å². The van der Waals surface area contributed by atoms with Crippen LogP contribution in [0, 0.1) is 0 Å². The number of carbonyl (C=O) groups excluding carboxylic acids is 2. The summed E-state index contributed by atoms with van der Waals surface area (Å²) in [6.07, 6.45) is 0. The average Bonchev–Trinajstić information content (AvgIpc) is 3.05. The minimum atomic E-state index is -4.05. The van der Waals surface area contributed by atoms with Gasteiger partial charge in [0.25, 0.3) is 21.8 Å². The Labute approximate surface area is 251 Å². The van der Waals surface area contributed by atoms with E-state index in [0.29, 0.717) is 5.69 Å². The molecule has 5 aromatic rings. The summed E-state index contributed by atoms with van der Waals surface area (Å²) in [5.74, 6) is -0.897. The van der Waals surface area contributed by atoms with Crippen LogP contribution in [0.5, 0.6) is 0 Å². The molecule has 0 unspecified atom stereocenters. The number of hydrogen-bond donors (Lipinski definition) is 2. The standard InChI is InChI=1S/C35H31N3O4S/c1-26(28-17-7-3-8-18-28)36-34(39)30-21-11-13-23-32(30)37-35(40)31-22-12-14-24-33(31)38(25-27-15-5-2-6-16-27)43(41,42)29-19-9-4-10-20-29/h2-24,26H,25H2,1H3,(H,36,39)(H,37,40)/t26-/m1/s1. The van der Waals surface area contributed by atoms with Crippen LogP contribution in [0.4, 0.5) is 11.4 Å². The summed E-state index contributed by atoms with van der Waals surface area (Å²) < 4.78 is 29.2. The Morgan fingerprint density at radius 2 is 1.19 bits per heavy atom. The molecular formula is C35H31N3O4S. The fourth-order valence-electron chi connectivity index (χ4n) is 4.73. The number of nitrogens with zero attached hydrogens (tertiary/aromatic N) is 1. The second kappa shape index (κ2) is 13.2. The first kappa shape index (κ1) is 29.3. The van der Waals surface area contributed by atoms with E-state index in [0.717, 1.165) is 11.1 Å². The van der Waals surface area contributed by atoms with Gasteiger partial charge in [-0.05, 0) is 54.4 Å². The summed E-state index contributed by atoms with van der Waals surface area (Å²) in [5.41, 5.74) is 2.66. The third-order valence-corrected chi connectivity index (χ3v) is 8.76. The molecule has 0 saturated carbocycles. The highest BCUT2D eigenvalue weighted by atomic mass is 32.2. The molecule has 5 rings (SSSR count). The Morgan fingerprint density at radius 3 is 1.86 bits per heavy atom. The van der Waals surface area contributed by atoms with Gasteiger partial charge < -0.3 is 10.6 Å². The van der Waals surface area contributed by atoms with Gasteiger partial charge in [-0.15, -0.1) is 0 Å². The van der Waals surface area contributed by atoms with Crippen LogP contribution in [-0.4, -0.2) is 20.2 Å². The highest BCUT2D eigenvalue weighted by Gasteiger charge is 2.29. The SMILES string of the molecule is C[C@@H](NC(=O)c1ccccc1NC(=O)c1ccccc1N(Cc1ccccc1)S(=O)(=O)c1ccccc1)c1ccccc1. The summed E-state index contributed by atoms with van der Waals surface area (Å²) in [6, 6.07) is 39.9. The van der Waals surface area contributed by atoms with E-state index in [1.54, 1.807) is 66.7 Å². The molecule has 43 heavy (non-hydrogen) atoms. The van der Waals surface area contributed by atoms with E-state index in [4.69, 9.17) is 0 Å². The van der Waals surface area contributed by atoms with Gasteiger partial charge in [-0.2, -0.15) is 0 Å². The molecule has 2 N–H and O–H groups in total. The van der Waals surface area contributed by atoms with E-state index in [1.165, 1.54) is 16.4 Å². The van der Waals surface area contributed by atoms with E-state index in [-0.39, 0.29) is 40.2 Å². The maximum atomic E-state index is 14.0. The van der Waals surface area contributed by atoms with Crippen molar-refractivity contribution in [3.63, 3.8) is 0 Å². The first-order chi connectivity index (χ1) is 20.8. The van der Waals surface area contributed by atoms with Crippen molar-refractivity contribution >= 4 is 33.2 Å². The van der Waals surface area contributed by atoms with Gasteiger partial charge in [-0.1, -0.05) is 103 Å². The van der Waals surface area contributed by atoms with Crippen LogP contribution in [0.3, 0.4) is 0 Å². The molecular weight excluding hydrogens is 558 g/mol. The minimum Gasteiger partial charge on any atom is -0.345 e. The van der Waals surface area contributed by atoms with Crippen LogP contribution in [0.15, 0.2) is 144 Å². The molecule has 0 aliphatic carbocycles. The number of benzene rings is 5. The number of nitrogens with one attached hydrogen (secondary N) is 2. The normalized spacial score (nSPS) is 11.7. The number of rotatable bonds is 10. The largest absolute Gasteiger partial charge is 0.345 e. The molecule has 5 aromatic carbocycles. The van der Waals surface area contributed by atoms with Crippen molar-refractivity contribution in [3.05, 3.63) is 162 Å². The summed E-state index contributed by atoms with van der Waals surface area (Å²) in [6.45, 7) is 1.90. The Balaban J connectivity index is 1.47. The van der Waals surface area contributed by atoms with Crippen LogP contribution in [0.1, 0.15) is 44.8 Å². The third-order valence-electron chi connectivity index (χ3n) is 6.98. The van der Waals surface area contributed by atoms with Crippen LogP contribution in [0.25, 0.3) is 0 Å². The highest BCUT2D eigenvalue weighted by Crippen LogP contribution is 2.30. The molecule has 0 bridgehead atoms. The molecule has 0 heterocycles. The molecule has 8 heteroatoms. The number of carbonyl (C=O) groups is 2. The maximum Gasteiger partial charge on any atom is 0.264 e. The van der Waals surface area contributed by atoms with E-state index in [1.807, 2.05) is 67.6 Å². The fraction of sp³-hybridized carbons (Fsp3) is 0.0857. The molecule has 0 aliphatic heterocycles. The second-order valence-corrected chi connectivity index (χ2v) is 11.8. The van der Waals surface area contributed by atoms with E-state index in [2.05, 4.69) is 10.6 Å². The first-order valence-corrected chi connectivity index (χ1v) is 15.3. The topological polar surface area (TPSA) is 95.6 Å². The van der Waals surface area contributed by atoms with Crippen molar-refractivity contribution in [1.29, 1.82) is 0 Å².